The van der Waals surface area contributed by atoms with Gasteiger partial charge in [-0.1, -0.05) is 18.2 Å². The summed E-state index contributed by atoms with van der Waals surface area (Å²) in [4.78, 5) is 16.7. The second kappa shape index (κ2) is 5.98. The van der Waals surface area contributed by atoms with Gasteiger partial charge < -0.3 is 9.73 Å². The van der Waals surface area contributed by atoms with Crippen LogP contribution in [0.3, 0.4) is 0 Å². The molecule has 1 aliphatic heterocycles. The van der Waals surface area contributed by atoms with Crippen molar-refractivity contribution in [2.75, 3.05) is 5.32 Å². The maximum atomic E-state index is 14.4. The SMILES string of the molecule is Cc1nn(-c2nc3ccccc3o2)c2c1[C@H](c1c(F)cccc1F)CC(=O)N2. The monoisotopic (exact) mass is 380 g/mol. The highest BCUT2D eigenvalue weighted by atomic mass is 19.1. The third-order valence-corrected chi connectivity index (χ3v) is 4.91. The molecule has 0 aliphatic carbocycles. The summed E-state index contributed by atoms with van der Waals surface area (Å²) in [5.41, 5.74) is 2.14. The molecule has 0 saturated carbocycles. The summed E-state index contributed by atoms with van der Waals surface area (Å²) in [6.45, 7) is 1.72. The number of anilines is 1. The van der Waals surface area contributed by atoms with E-state index in [-0.39, 0.29) is 23.9 Å². The van der Waals surface area contributed by atoms with Crippen LogP contribution >= 0.6 is 0 Å². The number of amides is 1. The maximum Gasteiger partial charge on any atom is 0.325 e. The Morgan fingerprint density at radius 2 is 1.86 bits per heavy atom. The predicted molar refractivity (Wildman–Crippen MR) is 97.3 cm³/mol. The zero-order valence-electron chi connectivity index (χ0n) is 14.7. The first-order valence-electron chi connectivity index (χ1n) is 8.72. The summed E-state index contributed by atoms with van der Waals surface area (Å²) in [5.74, 6) is -2.23. The quantitative estimate of drug-likeness (QED) is 0.569. The third kappa shape index (κ3) is 2.41. The van der Waals surface area contributed by atoms with Crippen LogP contribution in [0, 0.1) is 18.6 Å². The summed E-state index contributed by atoms with van der Waals surface area (Å²) < 4.78 is 36.0. The minimum Gasteiger partial charge on any atom is -0.422 e. The number of nitrogens with zero attached hydrogens (tertiary/aromatic N) is 3. The van der Waals surface area contributed by atoms with Crippen LogP contribution < -0.4 is 5.32 Å². The fraction of sp³-hybridized carbons (Fsp3) is 0.150. The fourth-order valence-electron chi connectivity index (χ4n) is 3.73. The smallest absolute Gasteiger partial charge is 0.325 e. The lowest BCUT2D eigenvalue weighted by molar-refractivity contribution is -0.116. The van der Waals surface area contributed by atoms with Crippen molar-refractivity contribution in [1.29, 1.82) is 0 Å². The van der Waals surface area contributed by atoms with E-state index in [4.69, 9.17) is 4.42 Å². The summed E-state index contributed by atoms with van der Waals surface area (Å²) >= 11 is 0. The number of rotatable bonds is 2. The summed E-state index contributed by atoms with van der Waals surface area (Å²) in [6, 6.07) is 11.0. The molecule has 3 heterocycles. The number of para-hydroxylation sites is 2. The maximum absolute atomic E-state index is 14.4. The van der Waals surface area contributed by atoms with E-state index < -0.39 is 17.6 Å². The van der Waals surface area contributed by atoms with Crippen LogP contribution in [-0.2, 0) is 4.79 Å². The molecular weight excluding hydrogens is 366 g/mol. The predicted octanol–water partition coefficient (Wildman–Crippen LogP) is 4.07. The van der Waals surface area contributed by atoms with Crippen molar-refractivity contribution in [3.8, 4) is 6.01 Å². The summed E-state index contributed by atoms with van der Waals surface area (Å²) in [5, 5.41) is 7.18. The molecule has 0 saturated heterocycles. The Morgan fingerprint density at radius 1 is 1.11 bits per heavy atom. The largest absolute Gasteiger partial charge is 0.422 e. The van der Waals surface area contributed by atoms with Gasteiger partial charge in [0.1, 0.15) is 23.0 Å². The number of hydrogen-bond acceptors (Lipinski definition) is 4. The van der Waals surface area contributed by atoms with Crippen molar-refractivity contribution >= 4 is 22.8 Å². The van der Waals surface area contributed by atoms with E-state index in [1.54, 1.807) is 19.1 Å². The van der Waals surface area contributed by atoms with E-state index in [0.717, 1.165) is 0 Å². The van der Waals surface area contributed by atoms with Gasteiger partial charge in [-0.3, -0.25) is 4.79 Å². The molecule has 8 heteroatoms. The number of benzene rings is 2. The molecule has 1 atom stereocenters. The van der Waals surface area contributed by atoms with Gasteiger partial charge in [0.2, 0.25) is 5.91 Å². The van der Waals surface area contributed by atoms with Gasteiger partial charge in [-0.2, -0.15) is 14.8 Å². The minimum atomic E-state index is -0.789. The first-order chi connectivity index (χ1) is 13.5. The first-order valence-corrected chi connectivity index (χ1v) is 8.72. The molecule has 0 spiro atoms. The summed E-state index contributed by atoms with van der Waals surface area (Å²) in [7, 11) is 0. The van der Waals surface area contributed by atoms with Gasteiger partial charge in [-0.15, -0.1) is 0 Å². The number of carbonyl (C=O) groups is 1. The Labute approximate surface area is 157 Å². The second-order valence-electron chi connectivity index (χ2n) is 6.66. The fourth-order valence-corrected chi connectivity index (χ4v) is 3.73. The molecule has 140 valence electrons. The molecule has 0 fully saturated rings. The molecule has 0 radical (unpaired) electrons. The average molecular weight is 380 g/mol. The van der Waals surface area contributed by atoms with E-state index in [1.807, 2.05) is 12.1 Å². The molecule has 2 aromatic carbocycles. The van der Waals surface area contributed by atoms with E-state index >= 15 is 0 Å². The number of oxazole rings is 1. The number of hydrogen-bond donors (Lipinski definition) is 1. The average Bonchev–Trinajstić information content (AvgIpc) is 3.22. The van der Waals surface area contributed by atoms with Crippen LogP contribution in [0.15, 0.2) is 46.9 Å². The van der Waals surface area contributed by atoms with Crippen molar-refractivity contribution in [3.05, 3.63) is 70.9 Å². The Kier molecular flexibility index (Phi) is 3.55. The van der Waals surface area contributed by atoms with Gasteiger partial charge in [0, 0.05) is 23.5 Å². The van der Waals surface area contributed by atoms with Crippen LogP contribution in [0.25, 0.3) is 17.1 Å². The minimum absolute atomic E-state index is 0.0784. The van der Waals surface area contributed by atoms with Crippen LogP contribution in [0.5, 0.6) is 0 Å². The number of halogens is 2. The van der Waals surface area contributed by atoms with E-state index in [2.05, 4.69) is 15.4 Å². The lowest BCUT2D eigenvalue weighted by Crippen LogP contribution is -2.26. The highest BCUT2D eigenvalue weighted by Crippen LogP contribution is 2.41. The molecule has 0 unspecified atom stereocenters. The van der Waals surface area contributed by atoms with Crippen molar-refractivity contribution in [3.63, 3.8) is 0 Å². The van der Waals surface area contributed by atoms with Gasteiger partial charge in [0.15, 0.2) is 5.58 Å². The summed E-state index contributed by atoms with van der Waals surface area (Å²) in [6.07, 6.45) is -0.0784. The standard InChI is InChI=1S/C20H14F2N4O2/c1-10-17-11(18-12(21)5-4-6-13(18)22)9-16(27)24-19(17)26(25-10)20-23-14-7-2-3-8-15(14)28-20/h2-8,11H,9H2,1H3,(H,24,27)/t11-/m1/s1. The Bertz CT molecular complexity index is 1190. The van der Waals surface area contributed by atoms with Gasteiger partial charge in [0.25, 0.3) is 0 Å². The van der Waals surface area contributed by atoms with E-state index in [9.17, 15) is 13.6 Å². The van der Waals surface area contributed by atoms with Gasteiger partial charge in [-0.25, -0.2) is 8.78 Å². The number of aryl methyl sites for hydroxylation is 1. The number of fused-ring (bicyclic) bond motifs is 2. The molecule has 4 aromatic rings. The Morgan fingerprint density at radius 3 is 2.61 bits per heavy atom. The molecule has 1 N–H and O–H groups in total. The molecule has 28 heavy (non-hydrogen) atoms. The third-order valence-electron chi connectivity index (χ3n) is 4.91. The number of nitrogens with one attached hydrogen (secondary N) is 1. The first kappa shape index (κ1) is 16.6. The van der Waals surface area contributed by atoms with Crippen molar-refractivity contribution < 1.29 is 18.0 Å². The Balaban J connectivity index is 1.72. The molecule has 6 nitrogen and oxygen atoms in total. The van der Waals surface area contributed by atoms with E-state index in [1.165, 1.54) is 22.9 Å². The second-order valence-corrected chi connectivity index (χ2v) is 6.66. The molecule has 2 aromatic heterocycles. The molecule has 0 bridgehead atoms. The van der Waals surface area contributed by atoms with Crippen molar-refractivity contribution in [2.24, 2.45) is 0 Å². The normalized spacial score (nSPS) is 16.2. The van der Waals surface area contributed by atoms with E-state index in [0.29, 0.717) is 28.2 Å². The lowest BCUT2D eigenvalue weighted by atomic mass is 9.85. The van der Waals surface area contributed by atoms with Gasteiger partial charge in [0.05, 0.1) is 5.69 Å². The van der Waals surface area contributed by atoms with Crippen LogP contribution in [0.1, 0.15) is 29.2 Å². The van der Waals surface area contributed by atoms with Crippen molar-refractivity contribution in [2.45, 2.75) is 19.3 Å². The van der Waals surface area contributed by atoms with Crippen LogP contribution in [-0.4, -0.2) is 20.7 Å². The van der Waals surface area contributed by atoms with Gasteiger partial charge in [-0.05, 0) is 31.2 Å². The zero-order valence-corrected chi connectivity index (χ0v) is 14.7. The highest BCUT2D eigenvalue weighted by molar-refractivity contribution is 5.95. The lowest BCUT2D eigenvalue weighted by Gasteiger charge is -2.24. The zero-order chi connectivity index (χ0) is 19.4. The molecule has 1 amide bonds. The Hall–Kier alpha value is -3.55. The number of aromatic nitrogens is 3. The topological polar surface area (TPSA) is 73.0 Å². The number of carbonyl (C=O) groups excluding carboxylic acids is 1. The van der Waals surface area contributed by atoms with Crippen LogP contribution in [0.4, 0.5) is 14.6 Å². The molecule has 5 rings (SSSR count). The van der Waals surface area contributed by atoms with Gasteiger partial charge >= 0.3 is 6.01 Å². The molecular formula is C20H14F2N4O2. The van der Waals surface area contributed by atoms with Crippen molar-refractivity contribution in [1.82, 2.24) is 14.8 Å². The van der Waals surface area contributed by atoms with Crippen LogP contribution in [0.2, 0.25) is 0 Å². The highest BCUT2D eigenvalue weighted by Gasteiger charge is 2.36. The molecule has 1 aliphatic rings.